The summed E-state index contributed by atoms with van der Waals surface area (Å²) in [6.45, 7) is 0.446. The molecule has 1 N–H and O–H groups in total. The lowest BCUT2D eigenvalue weighted by atomic mass is 10.1. The molecule has 0 radical (unpaired) electrons. The predicted molar refractivity (Wildman–Crippen MR) is 96.9 cm³/mol. The number of aromatic nitrogens is 3. The minimum atomic E-state index is -0.892. The van der Waals surface area contributed by atoms with E-state index in [4.69, 9.17) is 0 Å². The van der Waals surface area contributed by atoms with Crippen LogP contribution in [0.3, 0.4) is 0 Å². The van der Waals surface area contributed by atoms with Crippen molar-refractivity contribution in [1.29, 1.82) is 0 Å². The van der Waals surface area contributed by atoms with Gasteiger partial charge < -0.3 is 4.90 Å². The summed E-state index contributed by atoms with van der Waals surface area (Å²) >= 11 is 1.21. The molecule has 10 heteroatoms. The number of hydrogen-bond acceptors (Lipinski definition) is 6. The molecule has 2 amide bonds. The standard InChI is InChI=1S/C18H13F2N5O2S/c19-10-2-1-3-11(20)15(10)17(27)25-7-4-12-14(9-25)28-18(23-12)24-16(26)13-8-21-5-6-22-13/h1-3,5-6,8H,4,7,9H2,(H,23,24,26). The first-order valence-electron chi connectivity index (χ1n) is 8.32. The van der Waals surface area contributed by atoms with Crippen LogP contribution >= 0.6 is 11.3 Å². The van der Waals surface area contributed by atoms with Crippen LogP contribution in [-0.2, 0) is 13.0 Å². The highest BCUT2D eigenvalue weighted by molar-refractivity contribution is 7.15. The summed E-state index contributed by atoms with van der Waals surface area (Å²) in [5, 5.41) is 3.02. The van der Waals surface area contributed by atoms with Crippen molar-refractivity contribution in [3.8, 4) is 0 Å². The molecule has 0 spiro atoms. The van der Waals surface area contributed by atoms with E-state index in [0.717, 1.165) is 22.7 Å². The first-order chi connectivity index (χ1) is 13.5. The van der Waals surface area contributed by atoms with Crippen molar-refractivity contribution in [3.05, 3.63) is 70.3 Å². The highest BCUT2D eigenvalue weighted by Crippen LogP contribution is 2.29. The van der Waals surface area contributed by atoms with Gasteiger partial charge in [-0.05, 0) is 12.1 Å². The van der Waals surface area contributed by atoms with Gasteiger partial charge in [-0.3, -0.25) is 19.9 Å². The summed E-state index contributed by atoms with van der Waals surface area (Å²) in [4.78, 5) is 39.0. The maximum Gasteiger partial charge on any atom is 0.277 e. The van der Waals surface area contributed by atoms with E-state index >= 15 is 0 Å². The fraction of sp³-hybridized carbons (Fsp3) is 0.167. The van der Waals surface area contributed by atoms with Gasteiger partial charge in [-0.1, -0.05) is 17.4 Å². The van der Waals surface area contributed by atoms with Crippen molar-refractivity contribution in [2.24, 2.45) is 0 Å². The van der Waals surface area contributed by atoms with Gasteiger partial charge in [-0.2, -0.15) is 0 Å². The lowest BCUT2D eigenvalue weighted by molar-refractivity contribution is 0.0726. The van der Waals surface area contributed by atoms with Crippen LogP contribution in [0.2, 0.25) is 0 Å². The van der Waals surface area contributed by atoms with E-state index in [1.165, 1.54) is 40.9 Å². The molecule has 7 nitrogen and oxygen atoms in total. The van der Waals surface area contributed by atoms with Gasteiger partial charge in [0.1, 0.15) is 22.9 Å². The number of thiazole rings is 1. The monoisotopic (exact) mass is 401 g/mol. The summed E-state index contributed by atoms with van der Waals surface area (Å²) in [7, 11) is 0. The van der Waals surface area contributed by atoms with Crippen molar-refractivity contribution in [2.45, 2.75) is 13.0 Å². The van der Waals surface area contributed by atoms with E-state index in [-0.39, 0.29) is 18.8 Å². The molecule has 0 aliphatic carbocycles. The van der Waals surface area contributed by atoms with Gasteiger partial charge in [0, 0.05) is 30.2 Å². The average molecular weight is 401 g/mol. The average Bonchev–Trinajstić information content (AvgIpc) is 3.09. The lowest BCUT2D eigenvalue weighted by Crippen LogP contribution is -2.36. The quantitative estimate of drug-likeness (QED) is 0.729. The van der Waals surface area contributed by atoms with Gasteiger partial charge in [0.2, 0.25) is 0 Å². The van der Waals surface area contributed by atoms with Crippen LogP contribution in [0.25, 0.3) is 0 Å². The van der Waals surface area contributed by atoms with Crippen molar-refractivity contribution < 1.29 is 18.4 Å². The Labute approximate surface area is 162 Å². The van der Waals surface area contributed by atoms with E-state index in [0.29, 0.717) is 11.6 Å². The zero-order chi connectivity index (χ0) is 19.7. The van der Waals surface area contributed by atoms with Gasteiger partial charge >= 0.3 is 0 Å². The molecular formula is C18H13F2N5O2S. The molecule has 142 valence electrons. The Bertz CT molecular complexity index is 1040. The van der Waals surface area contributed by atoms with Gasteiger partial charge in [-0.25, -0.2) is 18.7 Å². The Kier molecular flexibility index (Phi) is 4.78. The third-order valence-electron chi connectivity index (χ3n) is 4.21. The Hall–Kier alpha value is -3.27. The number of halogens is 2. The summed E-state index contributed by atoms with van der Waals surface area (Å²) in [6.07, 6.45) is 4.64. The molecule has 0 unspecified atom stereocenters. The minimum absolute atomic E-state index is 0.155. The van der Waals surface area contributed by atoms with Crippen molar-refractivity contribution in [3.63, 3.8) is 0 Å². The van der Waals surface area contributed by atoms with E-state index in [9.17, 15) is 18.4 Å². The van der Waals surface area contributed by atoms with Gasteiger partial charge in [-0.15, -0.1) is 0 Å². The molecule has 2 aromatic heterocycles. The molecular weight excluding hydrogens is 388 g/mol. The fourth-order valence-electron chi connectivity index (χ4n) is 2.86. The van der Waals surface area contributed by atoms with Crippen LogP contribution in [-0.4, -0.2) is 38.2 Å². The van der Waals surface area contributed by atoms with Crippen LogP contribution in [0, 0.1) is 11.6 Å². The van der Waals surface area contributed by atoms with Crippen molar-refractivity contribution in [2.75, 3.05) is 11.9 Å². The third-order valence-corrected chi connectivity index (χ3v) is 5.21. The van der Waals surface area contributed by atoms with E-state index in [1.54, 1.807) is 0 Å². The maximum atomic E-state index is 13.9. The number of nitrogens with one attached hydrogen (secondary N) is 1. The van der Waals surface area contributed by atoms with Crippen LogP contribution < -0.4 is 5.32 Å². The van der Waals surface area contributed by atoms with E-state index < -0.39 is 29.0 Å². The first kappa shape index (κ1) is 18.1. The second-order valence-corrected chi connectivity index (χ2v) is 7.09. The molecule has 3 heterocycles. The number of rotatable bonds is 3. The molecule has 0 bridgehead atoms. The molecule has 28 heavy (non-hydrogen) atoms. The Morgan fingerprint density at radius 2 is 1.96 bits per heavy atom. The summed E-state index contributed by atoms with van der Waals surface area (Å²) < 4.78 is 27.8. The second-order valence-electron chi connectivity index (χ2n) is 6.01. The number of anilines is 1. The van der Waals surface area contributed by atoms with Crippen LogP contribution in [0.1, 0.15) is 31.4 Å². The number of benzene rings is 1. The van der Waals surface area contributed by atoms with Gasteiger partial charge in [0.05, 0.1) is 18.4 Å². The highest BCUT2D eigenvalue weighted by Gasteiger charge is 2.28. The second kappa shape index (κ2) is 7.39. The molecule has 3 aromatic rings. The number of hydrogen-bond donors (Lipinski definition) is 1. The molecule has 1 aliphatic heterocycles. The Morgan fingerprint density at radius 1 is 1.18 bits per heavy atom. The van der Waals surface area contributed by atoms with Crippen molar-refractivity contribution >= 4 is 28.3 Å². The molecule has 1 aliphatic rings. The number of carbonyl (C=O) groups excluding carboxylic acids is 2. The highest BCUT2D eigenvalue weighted by atomic mass is 32.1. The zero-order valence-corrected chi connectivity index (χ0v) is 15.2. The van der Waals surface area contributed by atoms with Crippen LogP contribution in [0.4, 0.5) is 13.9 Å². The summed E-state index contributed by atoms with van der Waals surface area (Å²) in [5.74, 6) is -2.94. The third kappa shape index (κ3) is 3.46. The van der Waals surface area contributed by atoms with Crippen LogP contribution in [0.5, 0.6) is 0 Å². The molecule has 0 saturated carbocycles. The first-order valence-corrected chi connectivity index (χ1v) is 9.14. The molecule has 1 aromatic carbocycles. The number of carbonyl (C=O) groups is 2. The van der Waals surface area contributed by atoms with Gasteiger partial charge in [0.15, 0.2) is 5.13 Å². The van der Waals surface area contributed by atoms with E-state index in [1.807, 2.05) is 0 Å². The van der Waals surface area contributed by atoms with Crippen molar-refractivity contribution in [1.82, 2.24) is 19.9 Å². The molecule has 0 atom stereocenters. The Balaban J connectivity index is 1.50. The smallest absolute Gasteiger partial charge is 0.277 e. The zero-order valence-electron chi connectivity index (χ0n) is 14.4. The number of fused-ring (bicyclic) bond motifs is 1. The summed E-state index contributed by atoms with van der Waals surface area (Å²) in [6, 6.07) is 3.32. The molecule has 0 fully saturated rings. The molecule has 0 saturated heterocycles. The summed E-state index contributed by atoms with van der Waals surface area (Å²) in [5.41, 5.74) is 0.339. The Morgan fingerprint density at radius 3 is 2.68 bits per heavy atom. The predicted octanol–water partition coefficient (Wildman–Crippen LogP) is 2.66. The van der Waals surface area contributed by atoms with E-state index in [2.05, 4.69) is 20.3 Å². The normalized spacial score (nSPS) is 13.1. The SMILES string of the molecule is O=C(Nc1nc2c(s1)CN(C(=O)c1c(F)cccc1F)CC2)c1cnccn1. The largest absolute Gasteiger partial charge is 0.333 e. The molecule has 4 rings (SSSR count). The maximum absolute atomic E-state index is 13.9. The van der Waals surface area contributed by atoms with Crippen LogP contribution in [0.15, 0.2) is 36.8 Å². The fourth-order valence-corrected chi connectivity index (χ4v) is 3.88. The number of nitrogens with zero attached hydrogens (tertiary/aromatic N) is 4. The topological polar surface area (TPSA) is 88.1 Å². The number of amides is 2. The lowest BCUT2D eigenvalue weighted by Gasteiger charge is -2.26. The van der Waals surface area contributed by atoms with Gasteiger partial charge in [0.25, 0.3) is 11.8 Å². The minimum Gasteiger partial charge on any atom is -0.333 e.